The molecule has 0 aliphatic carbocycles. The number of hydrogen-bond acceptors (Lipinski definition) is 8. The van der Waals surface area contributed by atoms with Crippen LogP contribution in [0.15, 0.2) is 0 Å². The molecule has 0 fully saturated rings. The van der Waals surface area contributed by atoms with Crippen LogP contribution in [0.5, 0.6) is 11.8 Å². The van der Waals surface area contributed by atoms with Crippen LogP contribution in [-0.4, -0.2) is 31.1 Å². The van der Waals surface area contributed by atoms with E-state index in [1.54, 1.807) is 0 Å². The molecule has 9 heteroatoms. The smallest absolute Gasteiger partial charge is 0.391 e. The molecule has 16 heavy (non-hydrogen) atoms. The number of esters is 1. The van der Waals surface area contributed by atoms with Gasteiger partial charge in [-0.25, -0.2) is 0 Å². The van der Waals surface area contributed by atoms with Gasteiger partial charge in [-0.2, -0.15) is 9.97 Å². The molecule has 0 spiro atoms. The van der Waals surface area contributed by atoms with E-state index in [0.29, 0.717) is 0 Å². The van der Waals surface area contributed by atoms with E-state index < -0.39 is 34.9 Å². The molecule has 2 N–H and O–H groups in total. The number of aromatic hydroxyl groups is 2. The van der Waals surface area contributed by atoms with Crippen LogP contribution in [0, 0.1) is 10.1 Å². The molecule has 0 saturated heterocycles. The first-order valence-corrected chi connectivity index (χ1v) is 3.98. The molecule has 0 atom stereocenters. The number of nitro groups is 1. The first kappa shape index (κ1) is 11.6. The lowest BCUT2D eigenvalue weighted by Gasteiger charge is -2.02. The summed E-state index contributed by atoms with van der Waals surface area (Å²) in [4.78, 5) is 26.3. The van der Waals surface area contributed by atoms with E-state index in [0.717, 1.165) is 6.92 Å². The lowest BCUT2D eigenvalue weighted by molar-refractivity contribution is -0.387. The SMILES string of the molecule is CC(=O)OCc1nc(O)c([N+](=O)[O-])c(O)n1. The number of carbonyl (C=O) groups is 1. The minimum Gasteiger partial charge on any atom is -0.488 e. The van der Waals surface area contributed by atoms with Crippen LogP contribution in [0.25, 0.3) is 0 Å². The second-order valence-corrected chi connectivity index (χ2v) is 2.67. The van der Waals surface area contributed by atoms with Gasteiger partial charge in [-0.1, -0.05) is 0 Å². The maximum absolute atomic E-state index is 10.5. The fraction of sp³-hybridized carbons (Fsp3) is 0.286. The molecule has 0 radical (unpaired) electrons. The molecular formula is C7H7N3O6. The minimum atomic E-state index is -1.03. The van der Waals surface area contributed by atoms with Crippen LogP contribution < -0.4 is 0 Å². The summed E-state index contributed by atoms with van der Waals surface area (Å²) in [5.41, 5.74) is -0.994. The molecule has 1 aromatic rings. The highest BCUT2D eigenvalue weighted by molar-refractivity contribution is 5.65. The van der Waals surface area contributed by atoms with Gasteiger partial charge in [0.2, 0.25) is 0 Å². The van der Waals surface area contributed by atoms with E-state index in [-0.39, 0.29) is 5.82 Å². The van der Waals surface area contributed by atoms with Gasteiger partial charge in [0.05, 0.1) is 4.92 Å². The highest BCUT2D eigenvalue weighted by Crippen LogP contribution is 2.31. The summed E-state index contributed by atoms with van der Waals surface area (Å²) in [5.74, 6) is -2.82. The fourth-order valence-electron chi connectivity index (χ4n) is 0.869. The molecule has 0 aliphatic heterocycles. The quantitative estimate of drug-likeness (QED) is 0.415. The predicted octanol–water partition coefficient (Wildman–Crippen LogP) is -0.141. The summed E-state index contributed by atoms with van der Waals surface area (Å²) in [6.07, 6.45) is 0. The monoisotopic (exact) mass is 229 g/mol. The standard InChI is InChI=1S/C7H7N3O6/c1-3(11)16-2-4-8-6(12)5(10(14)15)7(13)9-4/h2H2,1H3,(H2,8,9,12,13). The largest absolute Gasteiger partial charge is 0.488 e. The van der Waals surface area contributed by atoms with Crippen molar-refractivity contribution in [3.05, 3.63) is 15.9 Å². The molecule has 0 bridgehead atoms. The van der Waals surface area contributed by atoms with Crippen molar-refractivity contribution in [2.45, 2.75) is 13.5 Å². The maximum Gasteiger partial charge on any atom is 0.391 e. The van der Waals surface area contributed by atoms with Crippen LogP contribution in [0.1, 0.15) is 12.7 Å². The van der Waals surface area contributed by atoms with Gasteiger partial charge in [0, 0.05) is 6.92 Å². The van der Waals surface area contributed by atoms with Crippen LogP contribution >= 0.6 is 0 Å². The normalized spacial score (nSPS) is 9.81. The van der Waals surface area contributed by atoms with Crippen LogP contribution in [0.3, 0.4) is 0 Å². The Morgan fingerprint density at radius 2 is 1.94 bits per heavy atom. The Labute approximate surface area is 88.5 Å². The van der Waals surface area contributed by atoms with Gasteiger partial charge in [-0.3, -0.25) is 14.9 Å². The summed E-state index contributed by atoms with van der Waals surface area (Å²) in [5, 5.41) is 28.6. The third-order valence-electron chi connectivity index (χ3n) is 1.48. The number of carbonyl (C=O) groups excluding carboxylic acids is 1. The number of rotatable bonds is 3. The summed E-state index contributed by atoms with van der Waals surface area (Å²) in [6, 6.07) is 0. The molecule has 9 nitrogen and oxygen atoms in total. The zero-order valence-corrected chi connectivity index (χ0v) is 8.08. The summed E-state index contributed by atoms with van der Waals surface area (Å²) in [7, 11) is 0. The Balaban J connectivity index is 3.00. The number of ether oxygens (including phenoxy) is 1. The first-order chi connectivity index (χ1) is 7.41. The maximum atomic E-state index is 10.5. The highest BCUT2D eigenvalue weighted by Gasteiger charge is 2.24. The average molecular weight is 229 g/mol. The van der Waals surface area contributed by atoms with Gasteiger partial charge in [0.15, 0.2) is 12.4 Å². The third kappa shape index (κ3) is 2.53. The molecule has 0 aliphatic rings. The van der Waals surface area contributed by atoms with E-state index in [2.05, 4.69) is 14.7 Å². The number of nitrogens with zero attached hydrogens (tertiary/aromatic N) is 3. The van der Waals surface area contributed by atoms with Crippen molar-refractivity contribution < 1.29 is 24.7 Å². The molecule has 0 saturated carbocycles. The van der Waals surface area contributed by atoms with Crippen molar-refractivity contribution >= 4 is 11.7 Å². The topological polar surface area (TPSA) is 136 Å². The van der Waals surface area contributed by atoms with Crippen LogP contribution in [0.4, 0.5) is 5.69 Å². The van der Waals surface area contributed by atoms with Gasteiger partial charge >= 0.3 is 11.7 Å². The van der Waals surface area contributed by atoms with E-state index >= 15 is 0 Å². The first-order valence-electron chi connectivity index (χ1n) is 3.98. The van der Waals surface area contributed by atoms with E-state index in [1.165, 1.54) is 0 Å². The highest BCUT2D eigenvalue weighted by atomic mass is 16.6. The van der Waals surface area contributed by atoms with Gasteiger partial charge in [-0.05, 0) is 0 Å². The van der Waals surface area contributed by atoms with Crippen molar-refractivity contribution in [3.63, 3.8) is 0 Å². The molecule has 1 aromatic heterocycles. The Hall–Kier alpha value is -2.45. The fourth-order valence-corrected chi connectivity index (χ4v) is 0.869. The lowest BCUT2D eigenvalue weighted by atomic mass is 10.4. The second-order valence-electron chi connectivity index (χ2n) is 2.67. The summed E-state index contributed by atoms with van der Waals surface area (Å²) >= 11 is 0. The van der Waals surface area contributed by atoms with Gasteiger partial charge in [-0.15, -0.1) is 0 Å². The molecular weight excluding hydrogens is 222 g/mol. The zero-order chi connectivity index (χ0) is 12.3. The Kier molecular flexibility index (Phi) is 3.18. The molecule has 1 heterocycles. The van der Waals surface area contributed by atoms with Crippen molar-refractivity contribution in [2.75, 3.05) is 0 Å². The van der Waals surface area contributed by atoms with Gasteiger partial charge < -0.3 is 14.9 Å². The Morgan fingerprint density at radius 3 is 2.31 bits per heavy atom. The van der Waals surface area contributed by atoms with E-state index in [9.17, 15) is 14.9 Å². The van der Waals surface area contributed by atoms with Crippen molar-refractivity contribution in [1.82, 2.24) is 9.97 Å². The summed E-state index contributed by atoms with van der Waals surface area (Å²) < 4.78 is 4.48. The molecule has 1 rings (SSSR count). The number of aromatic nitrogens is 2. The van der Waals surface area contributed by atoms with E-state index in [4.69, 9.17) is 10.2 Å². The number of hydrogen-bond donors (Lipinski definition) is 2. The van der Waals surface area contributed by atoms with Crippen LogP contribution in [0.2, 0.25) is 0 Å². The zero-order valence-electron chi connectivity index (χ0n) is 8.08. The molecule has 0 aromatic carbocycles. The van der Waals surface area contributed by atoms with Crippen molar-refractivity contribution in [3.8, 4) is 11.8 Å². The Bertz CT molecular complexity index is 423. The van der Waals surface area contributed by atoms with Crippen LogP contribution in [-0.2, 0) is 16.1 Å². The van der Waals surface area contributed by atoms with Crippen molar-refractivity contribution in [1.29, 1.82) is 0 Å². The second kappa shape index (κ2) is 4.38. The molecule has 0 amide bonds. The average Bonchev–Trinajstić information content (AvgIpc) is 2.12. The minimum absolute atomic E-state index is 0.240. The third-order valence-corrected chi connectivity index (χ3v) is 1.48. The van der Waals surface area contributed by atoms with Gasteiger partial charge in [0.25, 0.3) is 11.8 Å². The van der Waals surface area contributed by atoms with E-state index in [1.807, 2.05) is 0 Å². The summed E-state index contributed by atoms with van der Waals surface area (Å²) in [6.45, 7) is 0.750. The Morgan fingerprint density at radius 1 is 1.44 bits per heavy atom. The lowest BCUT2D eigenvalue weighted by Crippen LogP contribution is -2.04. The molecule has 0 unspecified atom stereocenters. The van der Waals surface area contributed by atoms with Crippen molar-refractivity contribution in [2.24, 2.45) is 0 Å². The molecule has 86 valence electrons. The predicted molar refractivity (Wildman–Crippen MR) is 47.5 cm³/mol. The van der Waals surface area contributed by atoms with Gasteiger partial charge in [0.1, 0.15) is 0 Å².